The van der Waals surface area contributed by atoms with Gasteiger partial charge in [0.25, 0.3) is 11.8 Å². The minimum atomic E-state index is -0.315. The number of fused-ring (bicyclic) bond motifs is 1. The number of anilines is 2. The van der Waals surface area contributed by atoms with E-state index in [0.29, 0.717) is 32.6 Å². The van der Waals surface area contributed by atoms with Gasteiger partial charge in [0.15, 0.2) is 0 Å². The molecule has 0 N–H and O–H groups in total. The molecule has 0 fully saturated rings. The van der Waals surface area contributed by atoms with E-state index < -0.39 is 0 Å². The van der Waals surface area contributed by atoms with Gasteiger partial charge in [0.05, 0.1) is 16.1 Å². The lowest BCUT2D eigenvalue weighted by Crippen LogP contribution is -2.47. The molecule has 4 nitrogen and oxygen atoms in total. The highest BCUT2D eigenvalue weighted by Gasteiger charge is 2.39. The van der Waals surface area contributed by atoms with E-state index in [4.69, 9.17) is 34.8 Å². The first-order valence-electron chi connectivity index (χ1n) is 11.9. The van der Waals surface area contributed by atoms with Crippen LogP contribution in [0.1, 0.15) is 45.7 Å². The van der Waals surface area contributed by atoms with Crippen LogP contribution in [0.25, 0.3) is 0 Å². The highest BCUT2D eigenvalue weighted by atomic mass is 35.5. The van der Waals surface area contributed by atoms with Gasteiger partial charge < -0.3 is 9.80 Å². The molecule has 186 valence electrons. The van der Waals surface area contributed by atoms with Crippen LogP contribution in [0.4, 0.5) is 11.4 Å². The molecule has 0 saturated heterocycles. The topological polar surface area (TPSA) is 40.6 Å². The number of carbonyl (C=O) groups is 2. The van der Waals surface area contributed by atoms with Gasteiger partial charge in [-0.2, -0.15) is 0 Å². The molecule has 0 bridgehead atoms. The van der Waals surface area contributed by atoms with Crippen LogP contribution in [-0.4, -0.2) is 17.9 Å². The molecule has 0 saturated carbocycles. The van der Waals surface area contributed by atoms with Crippen LogP contribution in [0.3, 0.4) is 0 Å². The van der Waals surface area contributed by atoms with E-state index in [9.17, 15) is 9.59 Å². The van der Waals surface area contributed by atoms with Gasteiger partial charge in [0, 0.05) is 33.6 Å². The summed E-state index contributed by atoms with van der Waals surface area (Å²) in [6.07, 6.45) is 0.540. The lowest BCUT2D eigenvalue weighted by atomic mass is 9.89. The Morgan fingerprint density at radius 1 is 0.784 bits per heavy atom. The molecule has 2 amide bonds. The number of nitrogens with zero attached hydrogens (tertiary/aromatic N) is 2. The van der Waals surface area contributed by atoms with E-state index in [1.807, 2.05) is 66.4 Å². The smallest absolute Gasteiger partial charge is 0.258 e. The first kappa shape index (κ1) is 25.3. The Bertz CT molecular complexity index is 1460. The average molecular weight is 550 g/mol. The maximum atomic E-state index is 14.0. The zero-order chi connectivity index (χ0) is 26.1. The van der Waals surface area contributed by atoms with Crippen molar-refractivity contribution in [3.63, 3.8) is 0 Å². The van der Waals surface area contributed by atoms with Crippen molar-refractivity contribution in [3.05, 3.63) is 129 Å². The van der Waals surface area contributed by atoms with E-state index in [0.717, 1.165) is 16.9 Å². The van der Waals surface area contributed by atoms with Gasteiger partial charge in [-0.05, 0) is 79.6 Å². The number of carbonyl (C=O) groups excluding carboxylic acids is 2. The van der Waals surface area contributed by atoms with Gasteiger partial charge in [-0.25, -0.2) is 0 Å². The van der Waals surface area contributed by atoms with Crippen LogP contribution in [-0.2, 0) is 0 Å². The van der Waals surface area contributed by atoms with Crippen molar-refractivity contribution in [1.29, 1.82) is 0 Å². The van der Waals surface area contributed by atoms with Crippen molar-refractivity contribution in [2.24, 2.45) is 0 Å². The SMILES string of the molecule is C[C@H]1C[C@H](N(C(=O)c2ccc(Cl)c(Cl)c2)c2ccccc2)c2ccccc2N1C(=O)c1ccc(Cl)cc1. The highest BCUT2D eigenvalue weighted by molar-refractivity contribution is 6.42. The Balaban J connectivity index is 1.60. The lowest BCUT2D eigenvalue weighted by Gasteiger charge is -2.43. The normalized spacial score (nSPS) is 16.7. The van der Waals surface area contributed by atoms with E-state index in [-0.39, 0.29) is 23.9 Å². The molecule has 1 heterocycles. The Morgan fingerprint density at radius 3 is 2.14 bits per heavy atom. The van der Waals surface area contributed by atoms with Gasteiger partial charge in [-0.1, -0.05) is 71.2 Å². The summed E-state index contributed by atoms with van der Waals surface area (Å²) in [7, 11) is 0. The Morgan fingerprint density at radius 2 is 1.43 bits per heavy atom. The molecule has 4 aromatic rings. The monoisotopic (exact) mass is 548 g/mol. The van der Waals surface area contributed by atoms with Crippen molar-refractivity contribution in [2.75, 3.05) is 9.80 Å². The van der Waals surface area contributed by atoms with Crippen molar-refractivity contribution in [3.8, 4) is 0 Å². The maximum absolute atomic E-state index is 14.0. The molecule has 4 aromatic carbocycles. The molecule has 0 aliphatic carbocycles. The van der Waals surface area contributed by atoms with Gasteiger partial charge in [-0.15, -0.1) is 0 Å². The minimum Gasteiger partial charge on any atom is -0.305 e. The molecule has 1 aliphatic rings. The second kappa shape index (κ2) is 10.6. The van der Waals surface area contributed by atoms with E-state index in [2.05, 4.69) is 0 Å². The number of para-hydroxylation sites is 2. The largest absolute Gasteiger partial charge is 0.305 e. The fourth-order valence-corrected chi connectivity index (χ4v) is 5.29. The summed E-state index contributed by atoms with van der Waals surface area (Å²) in [6.45, 7) is 2.00. The zero-order valence-corrected chi connectivity index (χ0v) is 22.2. The fraction of sp³-hybridized carbons (Fsp3) is 0.133. The highest BCUT2D eigenvalue weighted by Crippen LogP contribution is 2.43. The second-order valence-electron chi connectivity index (χ2n) is 8.98. The van der Waals surface area contributed by atoms with Crippen molar-refractivity contribution >= 4 is 58.0 Å². The average Bonchev–Trinajstić information content (AvgIpc) is 2.91. The van der Waals surface area contributed by atoms with Crippen molar-refractivity contribution < 1.29 is 9.59 Å². The predicted octanol–water partition coefficient (Wildman–Crippen LogP) is 8.47. The van der Waals surface area contributed by atoms with Crippen LogP contribution in [0.15, 0.2) is 97.1 Å². The van der Waals surface area contributed by atoms with Gasteiger partial charge in [0.1, 0.15) is 0 Å². The summed E-state index contributed by atoms with van der Waals surface area (Å²) in [5.74, 6) is -0.314. The first-order valence-corrected chi connectivity index (χ1v) is 13.0. The number of halogens is 3. The van der Waals surface area contributed by atoms with Crippen LogP contribution in [0.2, 0.25) is 15.1 Å². The molecule has 0 aromatic heterocycles. The predicted molar refractivity (Wildman–Crippen MR) is 151 cm³/mol. The summed E-state index contributed by atoms with van der Waals surface area (Å²) in [5, 5.41) is 1.28. The Hall–Kier alpha value is -3.31. The zero-order valence-electron chi connectivity index (χ0n) is 19.9. The van der Waals surface area contributed by atoms with Gasteiger partial charge in [-0.3, -0.25) is 9.59 Å². The number of amides is 2. The van der Waals surface area contributed by atoms with E-state index in [1.54, 1.807) is 47.4 Å². The van der Waals surface area contributed by atoms with Crippen LogP contribution < -0.4 is 9.80 Å². The number of hydrogen-bond acceptors (Lipinski definition) is 2. The van der Waals surface area contributed by atoms with E-state index >= 15 is 0 Å². The molecule has 5 rings (SSSR count). The molecule has 37 heavy (non-hydrogen) atoms. The Labute approximate surface area is 231 Å². The molecule has 2 atom stereocenters. The lowest BCUT2D eigenvalue weighted by molar-refractivity contribution is 0.0965. The van der Waals surface area contributed by atoms with Crippen molar-refractivity contribution in [1.82, 2.24) is 0 Å². The standard InChI is InChI=1S/C30H23Cl3N2O2/c1-19-17-28(24-9-5-6-10-27(24)34(19)29(36)20-11-14-22(31)15-12-20)35(23-7-3-2-4-8-23)30(37)21-13-16-25(32)26(33)18-21/h2-16,18-19,28H,17H2,1H3/t19-,28-/m0/s1. The molecule has 7 heteroatoms. The summed E-state index contributed by atoms with van der Waals surface area (Å²) in [4.78, 5) is 31.3. The third kappa shape index (κ3) is 4.97. The summed E-state index contributed by atoms with van der Waals surface area (Å²) < 4.78 is 0. The molecule has 0 unspecified atom stereocenters. The minimum absolute atomic E-state index is 0.114. The summed E-state index contributed by atoms with van der Waals surface area (Å²) >= 11 is 18.4. The van der Waals surface area contributed by atoms with Gasteiger partial charge >= 0.3 is 0 Å². The maximum Gasteiger partial charge on any atom is 0.258 e. The Kier molecular flexibility index (Phi) is 7.25. The van der Waals surface area contributed by atoms with Gasteiger partial charge in [0.2, 0.25) is 0 Å². The molecule has 1 aliphatic heterocycles. The summed E-state index contributed by atoms with van der Waals surface area (Å²) in [6, 6.07) is 28.6. The molecule has 0 spiro atoms. The third-order valence-electron chi connectivity index (χ3n) is 6.60. The van der Waals surface area contributed by atoms with Crippen molar-refractivity contribution in [2.45, 2.75) is 25.4 Å². The summed E-state index contributed by atoms with van der Waals surface area (Å²) in [5.41, 5.74) is 3.40. The van der Waals surface area contributed by atoms with E-state index in [1.165, 1.54) is 0 Å². The number of benzene rings is 4. The molecule has 0 radical (unpaired) electrons. The fourth-order valence-electron chi connectivity index (χ4n) is 4.86. The third-order valence-corrected chi connectivity index (χ3v) is 7.59. The van der Waals surface area contributed by atoms with Crippen LogP contribution in [0.5, 0.6) is 0 Å². The first-order chi connectivity index (χ1) is 17.8. The molecular weight excluding hydrogens is 527 g/mol. The number of rotatable bonds is 4. The number of hydrogen-bond donors (Lipinski definition) is 0. The van der Waals surface area contributed by atoms with Crippen LogP contribution in [0, 0.1) is 0 Å². The quantitative estimate of drug-likeness (QED) is 0.256. The van der Waals surface area contributed by atoms with Crippen LogP contribution >= 0.6 is 34.8 Å². The molecular formula is C30H23Cl3N2O2. The second-order valence-corrected chi connectivity index (χ2v) is 10.2.